The highest BCUT2D eigenvalue weighted by Crippen LogP contribution is 2.35. The number of piperidine rings is 1. The molecule has 0 bridgehead atoms. The lowest BCUT2D eigenvalue weighted by Gasteiger charge is -2.45. The number of fused-ring (bicyclic) bond motifs is 1. The number of hydrogen-bond donors (Lipinski definition) is 2. The van der Waals surface area contributed by atoms with E-state index in [9.17, 15) is 13.2 Å². The van der Waals surface area contributed by atoms with E-state index in [1.54, 1.807) is 41.0 Å². The highest BCUT2D eigenvalue weighted by Gasteiger charge is 2.43. The lowest BCUT2D eigenvalue weighted by Crippen LogP contribution is -2.62. The number of anilines is 1. The summed E-state index contributed by atoms with van der Waals surface area (Å²) in [5.41, 5.74) is 1.14. The number of aryl methyl sites for hydroxylation is 2. The van der Waals surface area contributed by atoms with Crippen molar-refractivity contribution >= 4 is 21.6 Å². The third-order valence-electron chi connectivity index (χ3n) is 5.03. The second kappa shape index (κ2) is 5.82. The average molecular weight is 375 g/mol. The molecule has 2 aliphatic rings. The number of hydrogen-bond acceptors (Lipinski definition) is 5. The number of benzene rings is 1. The molecule has 138 valence electrons. The maximum absolute atomic E-state index is 12.7. The third kappa shape index (κ3) is 2.77. The summed E-state index contributed by atoms with van der Waals surface area (Å²) in [5, 5.41) is 7.56. The van der Waals surface area contributed by atoms with E-state index in [-0.39, 0.29) is 10.8 Å². The van der Waals surface area contributed by atoms with Crippen molar-refractivity contribution in [3.8, 4) is 0 Å². The van der Waals surface area contributed by atoms with Crippen LogP contribution in [0.4, 0.5) is 5.69 Å². The maximum atomic E-state index is 12.7. The van der Waals surface area contributed by atoms with Crippen LogP contribution in [0.2, 0.25) is 0 Å². The third-order valence-corrected chi connectivity index (χ3v) is 6.62. The van der Waals surface area contributed by atoms with Gasteiger partial charge in [-0.3, -0.25) is 9.48 Å². The van der Waals surface area contributed by atoms with Crippen LogP contribution in [-0.4, -0.2) is 47.8 Å². The molecule has 1 amide bonds. The van der Waals surface area contributed by atoms with Crippen molar-refractivity contribution in [2.24, 2.45) is 7.05 Å². The van der Waals surface area contributed by atoms with E-state index in [2.05, 4.69) is 15.1 Å². The maximum Gasteiger partial charge on any atom is 0.257 e. The minimum absolute atomic E-state index is 0.0653. The van der Waals surface area contributed by atoms with Crippen LogP contribution in [-0.2, 0) is 17.1 Å². The van der Waals surface area contributed by atoms with Crippen LogP contribution in [0.5, 0.6) is 0 Å². The summed E-state index contributed by atoms with van der Waals surface area (Å²) >= 11 is 0. The Morgan fingerprint density at radius 3 is 2.58 bits per heavy atom. The highest BCUT2D eigenvalue weighted by molar-refractivity contribution is 7.89. The molecule has 1 aromatic heterocycles. The van der Waals surface area contributed by atoms with Gasteiger partial charge >= 0.3 is 0 Å². The monoisotopic (exact) mass is 375 g/mol. The number of aromatic nitrogens is 2. The van der Waals surface area contributed by atoms with Crippen LogP contribution < -0.4 is 10.0 Å². The molecule has 2 aliphatic heterocycles. The molecule has 4 rings (SSSR count). The number of carbonyl (C=O) groups is 1. The number of nitrogens with one attached hydrogen (secondary N) is 2. The highest BCUT2D eigenvalue weighted by atomic mass is 32.2. The molecule has 2 N–H and O–H groups in total. The zero-order valence-corrected chi connectivity index (χ0v) is 15.5. The molecular weight excluding hydrogens is 354 g/mol. The number of amides is 1. The Hall–Kier alpha value is -2.39. The lowest BCUT2D eigenvalue weighted by molar-refractivity contribution is 0.0675. The molecule has 0 aliphatic carbocycles. The average Bonchev–Trinajstić information content (AvgIpc) is 2.92. The quantitative estimate of drug-likeness (QED) is 0.777. The van der Waals surface area contributed by atoms with Crippen LogP contribution >= 0.6 is 0 Å². The van der Waals surface area contributed by atoms with Gasteiger partial charge in [0.1, 0.15) is 10.6 Å². The van der Waals surface area contributed by atoms with Gasteiger partial charge in [-0.1, -0.05) is 12.1 Å². The van der Waals surface area contributed by atoms with Gasteiger partial charge in [0, 0.05) is 39.2 Å². The number of sulfonamides is 1. The first kappa shape index (κ1) is 17.0. The van der Waals surface area contributed by atoms with Gasteiger partial charge in [-0.15, -0.1) is 0 Å². The number of likely N-dealkylation sites (tertiary alicyclic amines) is 1. The largest absolute Gasteiger partial charge is 0.365 e. The molecule has 0 radical (unpaired) electrons. The van der Waals surface area contributed by atoms with Gasteiger partial charge in [0.25, 0.3) is 5.91 Å². The van der Waals surface area contributed by atoms with Crippen molar-refractivity contribution in [2.45, 2.75) is 30.3 Å². The molecule has 1 saturated heterocycles. The Bertz CT molecular complexity index is 974. The molecule has 1 fully saturated rings. The summed E-state index contributed by atoms with van der Waals surface area (Å²) in [6.07, 6.45) is 2.71. The van der Waals surface area contributed by atoms with Crippen molar-refractivity contribution in [2.75, 3.05) is 18.4 Å². The zero-order valence-electron chi connectivity index (χ0n) is 14.7. The predicted octanol–water partition coefficient (Wildman–Crippen LogP) is 1.06. The van der Waals surface area contributed by atoms with Crippen molar-refractivity contribution < 1.29 is 13.2 Å². The smallest absolute Gasteiger partial charge is 0.257 e. The van der Waals surface area contributed by atoms with Gasteiger partial charge in [-0.05, 0) is 19.1 Å². The molecule has 9 heteroatoms. The Labute approximate surface area is 152 Å². The van der Waals surface area contributed by atoms with E-state index < -0.39 is 15.7 Å². The van der Waals surface area contributed by atoms with Gasteiger partial charge in [0.15, 0.2) is 0 Å². The molecular formula is C17H21N5O3S. The van der Waals surface area contributed by atoms with E-state index in [4.69, 9.17) is 0 Å². The van der Waals surface area contributed by atoms with Crippen LogP contribution in [0.25, 0.3) is 0 Å². The number of rotatable bonds is 1. The van der Waals surface area contributed by atoms with E-state index >= 15 is 0 Å². The van der Waals surface area contributed by atoms with E-state index in [1.165, 1.54) is 0 Å². The van der Waals surface area contributed by atoms with Crippen LogP contribution in [0.15, 0.2) is 35.4 Å². The van der Waals surface area contributed by atoms with Gasteiger partial charge in [-0.25, -0.2) is 8.42 Å². The molecule has 26 heavy (non-hydrogen) atoms. The molecule has 3 heterocycles. The van der Waals surface area contributed by atoms with Gasteiger partial charge in [0.05, 0.1) is 16.9 Å². The summed E-state index contributed by atoms with van der Waals surface area (Å²) in [6.45, 7) is 2.74. The summed E-state index contributed by atoms with van der Waals surface area (Å²) < 4.78 is 29.6. The van der Waals surface area contributed by atoms with Crippen molar-refractivity contribution in [3.63, 3.8) is 0 Å². The summed E-state index contributed by atoms with van der Waals surface area (Å²) in [6, 6.07) is 6.87. The number of nitrogens with zero attached hydrogens (tertiary/aromatic N) is 3. The lowest BCUT2D eigenvalue weighted by atomic mass is 9.96. The van der Waals surface area contributed by atoms with Crippen molar-refractivity contribution in [1.29, 1.82) is 0 Å². The van der Waals surface area contributed by atoms with E-state index in [0.29, 0.717) is 42.9 Å². The Balaban J connectivity index is 1.54. The van der Waals surface area contributed by atoms with Crippen molar-refractivity contribution in [3.05, 3.63) is 41.7 Å². The molecule has 1 spiro atoms. The predicted molar refractivity (Wildman–Crippen MR) is 96.2 cm³/mol. The van der Waals surface area contributed by atoms with E-state index in [0.717, 1.165) is 0 Å². The molecule has 8 nitrogen and oxygen atoms in total. The summed E-state index contributed by atoms with van der Waals surface area (Å²) in [4.78, 5) is 14.8. The zero-order chi connectivity index (χ0) is 18.5. The topological polar surface area (TPSA) is 96.3 Å². The fourth-order valence-corrected chi connectivity index (χ4v) is 5.24. The Morgan fingerprint density at radius 2 is 1.92 bits per heavy atom. The number of para-hydroxylation sites is 1. The Morgan fingerprint density at radius 1 is 1.23 bits per heavy atom. The van der Waals surface area contributed by atoms with Crippen LogP contribution in [0, 0.1) is 6.92 Å². The SMILES string of the molecule is Cc1nn(C)cc1C(=O)N1CCC2(CC1)Nc1ccccc1S(=O)(=O)N2. The van der Waals surface area contributed by atoms with Gasteiger partial charge in [0.2, 0.25) is 10.0 Å². The van der Waals surface area contributed by atoms with Crippen LogP contribution in [0.1, 0.15) is 28.9 Å². The molecule has 0 unspecified atom stereocenters. The standard InChI is InChI=1S/C17H21N5O3S/c1-12-13(11-21(2)19-12)16(23)22-9-7-17(8-10-22)18-14-5-3-4-6-15(14)26(24,25)20-17/h3-6,11,18,20H,7-10H2,1-2H3. The minimum atomic E-state index is -3.57. The van der Waals surface area contributed by atoms with Crippen LogP contribution in [0.3, 0.4) is 0 Å². The molecule has 0 saturated carbocycles. The van der Waals surface area contributed by atoms with Crippen molar-refractivity contribution in [1.82, 2.24) is 19.4 Å². The fourth-order valence-electron chi connectivity index (χ4n) is 3.70. The van der Waals surface area contributed by atoms with Gasteiger partial charge < -0.3 is 10.2 Å². The molecule has 2 aromatic rings. The first-order chi connectivity index (χ1) is 12.3. The normalized spacial score (nSPS) is 20.5. The first-order valence-corrected chi connectivity index (χ1v) is 9.99. The second-order valence-electron chi connectivity index (χ2n) is 6.90. The summed E-state index contributed by atoms with van der Waals surface area (Å²) in [5.74, 6) is -0.0653. The minimum Gasteiger partial charge on any atom is -0.365 e. The first-order valence-electron chi connectivity index (χ1n) is 8.50. The number of carbonyl (C=O) groups excluding carboxylic acids is 1. The molecule has 1 aromatic carbocycles. The Kier molecular flexibility index (Phi) is 3.81. The second-order valence-corrected chi connectivity index (χ2v) is 8.55. The fraction of sp³-hybridized carbons (Fsp3) is 0.412. The molecule has 0 atom stereocenters. The van der Waals surface area contributed by atoms with E-state index in [1.807, 2.05) is 13.0 Å². The van der Waals surface area contributed by atoms with Gasteiger partial charge in [-0.2, -0.15) is 9.82 Å². The summed E-state index contributed by atoms with van der Waals surface area (Å²) in [7, 11) is -1.79.